The maximum atomic E-state index is 12.3. The van der Waals surface area contributed by atoms with Gasteiger partial charge in [0.05, 0.1) is 0 Å². The number of hydrogen-bond acceptors (Lipinski definition) is 4. The zero-order chi connectivity index (χ0) is 17.3. The van der Waals surface area contributed by atoms with Crippen LogP contribution in [0.5, 0.6) is 11.5 Å². The van der Waals surface area contributed by atoms with E-state index >= 15 is 0 Å². The van der Waals surface area contributed by atoms with Crippen molar-refractivity contribution in [2.75, 3.05) is 24.8 Å². The largest absolute Gasteiger partial charge is 0.454 e. The lowest BCUT2D eigenvalue weighted by Gasteiger charge is -2.19. The quantitative estimate of drug-likeness (QED) is 0.919. The van der Waals surface area contributed by atoms with Gasteiger partial charge in [-0.05, 0) is 17.5 Å². The van der Waals surface area contributed by atoms with Gasteiger partial charge in [-0.25, -0.2) is 0 Å². The Morgan fingerprint density at radius 1 is 1.29 bits per heavy atom. The maximum absolute atomic E-state index is 12.3. The second kappa shape index (κ2) is 6.34. The van der Waals surface area contributed by atoms with Crippen LogP contribution in [-0.4, -0.2) is 31.7 Å². The van der Waals surface area contributed by atoms with Gasteiger partial charge in [0, 0.05) is 43.6 Å². The molecule has 24 heavy (non-hydrogen) atoms. The van der Waals surface area contributed by atoms with E-state index in [9.17, 15) is 9.59 Å². The number of fused-ring (bicyclic) bond motifs is 1. The summed E-state index contributed by atoms with van der Waals surface area (Å²) in [6.45, 7) is 7.46. The predicted octanol–water partition coefficient (Wildman–Crippen LogP) is 2.32. The van der Waals surface area contributed by atoms with Crippen LogP contribution in [0.3, 0.4) is 0 Å². The number of anilines is 1. The Morgan fingerprint density at radius 2 is 2.04 bits per heavy atom. The number of nitrogens with one attached hydrogen (secondary N) is 1. The minimum absolute atomic E-state index is 0.0336. The highest BCUT2D eigenvalue weighted by Gasteiger charge is 2.31. The zero-order valence-corrected chi connectivity index (χ0v) is 14.4. The molecule has 0 aliphatic carbocycles. The van der Waals surface area contributed by atoms with E-state index in [2.05, 4.69) is 5.32 Å². The summed E-state index contributed by atoms with van der Waals surface area (Å²) in [6.07, 6.45) is 0.934. The summed E-state index contributed by atoms with van der Waals surface area (Å²) in [5.41, 5.74) is 0.779. The Hall–Kier alpha value is -2.24. The van der Waals surface area contributed by atoms with Crippen LogP contribution < -0.4 is 19.7 Å². The molecule has 1 aromatic carbocycles. The van der Waals surface area contributed by atoms with Gasteiger partial charge in [-0.3, -0.25) is 9.59 Å². The second-order valence-corrected chi connectivity index (χ2v) is 7.65. The van der Waals surface area contributed by atoms with Crippen molar-refractivity contribution in [2.45, 2.75) is 33.6 Å². The first-order chi connectivity index (χ1) is 11.3. The molecular weight excluding hydrogens is 308 g/mol. The first-order valence-corrected chi connectivity index (χ1v) is 8.28. The smallest absolute Gasteiger partial charge is 0.231 e. The fourth-order valence-electron chi connectivity index (χ4n) is 3.02. The molecule has 2 heterocycles. The second-order valence-electron chi connectivity index (χ2n) is 7.65. The van der Waals surface area contributed by atoms with Gasteiger partial charge in [0.1, 0.15) is 0 Å². The number of carbonyl (C=O) groups is 2. The van der Waals surface area contributed by atoms with Gasteiger partial charge >= 0.3 is 0 Å². The van der Waals surface area contributed by atoms with Crippen LogP contribution in [0.15, 0.2) is 18.2 Å². The molecule has 1 fully saturated rings. The standard InChI is InChI=1S/C18H24N2O4/c1-18(2,3)8-16(21)19-9-12-6-17(22)20(10-12)13-4-5-14-15(7-13)24-11-23-14/h4-5,7,12H,6,8-11H2,1-3H3,(H,19,21). The van der Waals surface area contributed by atoms with Crippen LogP contribution in [0.1, 0.15) is 33.6 Å². The van der Waals surface area contributed by atoms with E-state index in [0.717, 1.165) is 5.69 Å². The Labute approximate surface area is 142 Å². The van der Waals surface area contributed by atoms with Gasteiger partial charge in [-0.15, -0.1) is 0 Å². The minimum Gasteiger partial charge on any atom is -0.454 e. The summed E-state index contributed by atoms with van der Waals surface area (Å²) in [6, 6.07) is 5.52. The Balaban J connectivity index is 1.57. The maximum Gasteiger partial charge on any atom is 0.231 e. The number of carbonyl (C=O) groups excluding carboxylic acids is 2. The summed E-state index contributed by atoms with van der Waals surface area (Å²) >= 11 is 0. The highest BCUT2D eigenvalue weighted by molar-refractivity contribution is 5.96. The molecule has 130 valence electrons. The van der Waals surface area contributed by atoms with Crippen LogP contribution in [0.4, 0.5) is 5.69 Å². The highest BCUT2D eigenvalue weighted by Crippen LogP contribution is 2.37. The molecular formula is C18H24N2O4. The Kier molecular flexibility index (Phi) is 4.39. The summed E-state index contributed by atoms with van der Waals surface area (Å²) in [5.74, 6) is 1.62. The number of hydrogen-bond donors (Lipinski definition) is 1. The number of benzene rings is 1. The number of amides is 2. The number of rotatable bonds is 4. The molecule has 0 radical (unpaired) electrons. The fourth-order valence-corrected chi connectivity index (χ4v) is 3.02. The van der Waals surface area contributed by atoms with Gasteiger partial charge in [0.25, 0.3) is 0 Å². The number of ether oxygens (including phenoxy) is 2. The van der Waals surface area contributed by atoms with Crippen molar-refractivity contribution >= 4 is 17.5 Å². The first kappa shape index (κ1) is 16.6. The van der Waals surface area contributed by atoms with Crippen molar-refractivity contribution in [1.29, 1.82) is 0 Å². The molecule has 0 aromatic heterocycles. The van der Waals surface area contributed by atoms with E-state index in [1.165, 1.54) is 0 Å². The van der Waals surface area contributed by atoms with Crippen LogP contribution >= 0.6 is 0 Å². The summed E-state index contributed by atoms with van der Waals surface area (Å²) in [7, 11) is 0. The molecule has 1 atom stereocenters. The van der Waals surface area contributed by atoms with Gasteiger partial charge < -0.3 is 19.7 Å². The highest BCUT2D eigenvalue weighted by atomic mass is 16.7. The van der Waals surface area contributed by atoms with Crippen LogP contribution in [-0.2, 0) is 9.59 Å². The molecule has 2 amide bonds. The molecule has 1 aromatic rings. The van der Waals surface area contributed by atoms with Crippen molar-refractivity contribution in [3.63, 3.8) is 0 Å². The van der Waals surface area contributed by atoms with Crippen molar-refractivity contribution in [3.8, 4) is 11.5 Å². The van der Waals surface area contributed by atoms with Crippen LogP contribution in [0.25, 0.3) is 0 Å². The molecule has 2 aliphatic rings. The van der Waals surface area contributed by atoms with Crippen molar-refractivity contribution < 1.29 is 19.1 Å². The molecule has 6 nitrogen and oxygen atoms in total. The molecule has 1 unspecified atom stereocenters. The third kappa shape index (κ3) is 3.80. The zero-order valence-electron chi connectivity index (χ0n) is 14.4. The van der Waals surface area contributed by atoms with Crippen molar-refractivity contribution in [3.05, 3.63) is 18.2 Å². The minimum atomic E-state index is -0.0336. The molecule has 0 bridgehead atoms. The topological polar surface area (TPSA) is 67.9 Å². The SMILES string of the molecule is CC(C)(C)CC(=O)NCC1CC(=O)N(c2ccc3c(c2)OCO3)C1. The summed E-state index contributed by atoms with van der Waals surface area (Å²) < 4.78 is 10.7. The Morgan fingerprint density at radius 3 is 2.79 bits per heavy atom. The van der Waals surface area contributed by atoms with E-state index in [0.29, 0.717) is 37.4 Å². The Bertz CT molecular complexity index is 651. The summed E-state index contributed by atoms with van der Waals surface area (Å²) in [5, 5.41) is 2.95. The third-order valence-corrected chi connectivity index (χ3v) is 4.15. The fraction of sp³-hybridized carbons (Fsp3) is 0.556. The van der Waals surface area contributed by atoms with Crippen molar-refractivity contribution in [1.82, 2.24) is 5.32 Å². The van der Waals surface area contributed by atoms with Crippen molar-refractivity contribution in [2.24, 2.45) is 11.3 Å². The molecule has 3 rings (SSSR count). The van der Waals surface area contributed by atoms with E-state index in [-0.39, 0.29) is 29.9 Å². The van der Waals surface area contributed by atoms with E-state index in [4.69, 9.17) is 9.47 Å². The first-order valence-electron chi connectivity index (χ1n) is 8.28. The van der Waals surface area contributed by atoms with Gasteiger partial charge in [0.15, 0.2) is 11.5 Å². The lowest BCUT2D eigenvalue weighted by atomic mass is 9.92. The third-order valence-electron chi connectivity index (χ3n) is 4.15. The average molecular weight is 332 g/mol. The summed E-state index contributed by atoms with van der Waals surface area (Å²) in [4.78, 5) is 26.0. The lowest BCUT2D eigenvalue weighted by Crippen LogP contribution is -2.33. The lowest BCUT2D eigenvalue weighted by molar-refractivity contribution is -0.123. The predicted molar refractivity (Wildman–Crippen MR) is 90.1 cm³/mol. The molecule has 0 saturated carbocycles. The van der Waals surface area contributed by atoms with Gasteiger partial charge in [0.2, 0.25) is 18.6 Å². The monoisotopic (exact) mass is 332 g/mol. The number of nitrogens with zero attached hydrogens (tertiary/aromatic N) is 1. The van der Waals surface area contributed by atoms with Gasteiger partial charge in [-0.1, -0.05) is 20.8 Å². The molecule has 1 N–H and O–H groups in total. The van der Waals surface area contributed by atoms with Crippen LogP contribution in [0, 0.1) is 11.3 Å². The van der Waals surface area contributed by atoms with E-state index < -0.39 is 0 Å². The normalized spacial score (nSPS) is 19.7. The van der Waals surface area contributed by atoms with E-state index in [1.54, 1.807) is 4.90 Å². The molecule has 6 heteroatoms. The molecule has 0 spiro atoms. The van der Waals surface area contributed by atoms with Gasteiger partial charge in [-0.2, -0.15) is 0 Å². The molecule has 2 aliphatic heterocycles. The van der Waals surface area contributed by atoms with E-state index in [1.807, 2.05) is 39.0 Å². The van der Waals surface area contributed by atoms with Crippen LogP contribution in [0.2, 0.25) is 0 Å². The average Bonchev–Trinajstić information content (AvgIpc) is 3.08. The molecule has 1 saturated heterocycles.